The molecule has 1 atom stereocenters. The Hall–Kier alpha value is -3.82. The lowest BCUT2D eigenvalue weighted by molar-refractivity contribution is -0.658. The van der Waals surface area contributed by atoms with Gasteiger partial charge in [0.25, 0.3) is 17.1 Å². The number of carbonyl (C=O) groups excluding carboxylic acids is 1. The van der Waals surface area contributed by atoms with E-state index >= 15 is 0 Å². The van der Waals surface area contributed by atoms with Crippen LogP contribution in [0, 0.1) is 0 Å². The molecule has 9 nitrogen and oxygen atoms in total. The highest BCUT2D eigenvalue weighted by Crippen LogP contribution is 2.17. The Morgan fingerprint density at radius 2 is 1.91 bits per heavy atom. The number of nitrogen functional groups attached to an aromatic ring is 1. The molecule has 4 heterocycles. The van der Waals surface area contributed by atoms with E-state index in [-0.39, 0.29) is 28.9 Å². The Morgan fingerprint density at radius 1 is 1.17 bits per heavy atom. The molecule has 0 saturated carbocycles. The molecule has 1 aromatic carbocycles. The van der Waals surface area contributed by atoms with Crippen LogP contribution in [0.25, 0.3) is 16.7 Å². The topological polar surface area (TPSA) is 106 Å². The number of hydrogen-bond donors (Lipinski definition) is 2. The van der Waals surface area contributed by atoms with Crippen molar-refractivity contribution >= 4 is 28.4 Å². The van der Waals surface area contributed by atoms with E-state index in [0.717, 1.165) is 18.7 Å². The second-order valence-corrected chi connectivity index (χ2v) is 8.74. The van der Waals surface area contributed by atoms with Crippen LogP contribution in [0.3, 0.4) is 0 Å². The van der Waals surface area contributed by atoms with Crippen LogP contribution in [0.5, 0.6) is 0 Å². The molecule has 4 aromatic rings. The van der Waals surface area contributed by atoms with Gasteiger partial charge in [-0.2, -0.15) is 0 Å². The van der Waals surface area contributed by atoms with Crippen LogP contribution in [-0.2, 0) is 11.3 Å². The van der Waals surface area contributed by atoms with E-state index in [0.29, 0.717) is 43.0 Å². The highest BCUT2D eigenvalue weighted by molar-refractivity contribution is 6.00. The minimum atomic E-state index is -0.335. The lowest BCUT2D eigenvalue weighted by Gasteiger charge is -2.26. The second-order valence-electron chi connectivity index (χ2n) is 8.74. The Kier molecular flexibility index (Phi) is 6.43. The van der Waals surface area contributed by atoms with Crippen molar-refractivity contribution in [1.82, 2.24) is 19.6 Å². The number of rotatable bonds is 6. The zero-order valence-corrected chi connectivity index (χ0v) is 19.7. The van der Waals surface area contributed by atoms with Crippen molar-refractivity contribution < 1.29 is 14.1 Å². The van der Waals surface area contributed by atoms with Gasteiger partial charge in [-0.3, -0.25) is 18.9 Å². The predicted molar refractivity (Wildman–Crippen MR) is 133 cm³/mol. The normalized spacial score (nSPS) is 15.3. The summed E-state index contributed by atoms with van der Waals surface area (Å²) in [6.07, 6.45) is 1.68. The lowest BCUT2D eigenvalue weighted by Crippen LogP contribution is -2.48. The van der Waals surface area contributed by atoms with Crippen LogP contribution >= 0.6 is 0 Å². The number of nitrogens with zero attached hydrogens (tertiary/aromatic N) is 4. The molecule has 0 bridgehead atoms. The molecular formula is C26H29N6O3+. The molecule has 0 aliphatic carbocycles. The Bertz CT molecular complexity index is 1430. The quantitative estimate of drug-likeness (QED) is 0.325. The minimum Gasteiger partial charge on any atom is -0.379 e. The molecular weight excluding hydrogens is 444 g/mol. The largest absolute Gasteiger partial charge is 0.379 e. The smallest absolute Gasteiger partial charge is 0.278 e. The van der Waals surface area contributed by atoms with E-state index in [4.69, 9.17) is 15.5 Å². The number of nitrogens with two attached hydrogens (primary N) is 1. The van der Waals surface area contributed by atoms with Crippen molar-refractivity contribution in [2.45, 2.75) is 19.5 Å². The maximum absolute atomic E-state index is 13.4. The van der Waals surface area contributed by atoms with Crippen LogP contribution < -0.4 is 21.2 Å². The number of amides is 1. The van der Waals surface area contributed by atoms with Crippen molar-refractivity contribution in [2.75, 3.05) is 38.6 Å². The number of fused-ring (bicyclic) bond motifs is 2. The van der Waals surface area contributed by atoms with Gasteiger partial charge < -0.3 is 15.8 Å². The summed E-state index contributed by atoms with van der Waals surface area (Å²) in [6.45, 7) is 6.14. The van der Waals surface area contributed by atoms with Gasteiger partial charge in [-0.05, 0) is 30.7 Å². The number of morpholine rings is 1. The summed E-state index contributed by atoms with van der Waals surface area (Å²) in [7, 11) is 0. The molecule has 1 aliphatic rings. The number of nitrogens with one attached hydrogen (secondary N) is 1. The Morgan fingerprint density at radius 3 is 2.69 bits per heavy atom. The molecule has 180 valence electrons. The first-order chi connectivity index (χ1) is 17.0. The van der Waals surface area contributed by atoms with Gasteiger partial charge in [0.05, 0.1) is 25.8 Å². The Balaban J connectivity index is 1.58. The van der Waals surface area contributed by atoms with Gasteiger partial charge in [0.1, 0.15) is 10.9 Å². The zero-order chi connectivity index (χ0) is 24.4. The van der Waals surface area contributed by atoms with Crippen LogP contribution in [-0.4, -0.2) is 53.0 Å². The number of aromatic nitrogens is 3. The van der Waals surface area contributed by atoms with Gasteiger partial charge in [0, 0.05) is 25.8 Å². The first-order valence-electron chi connectivity index (χ1n) is 11.8. The van der Waals surface area contributed by atoms with Gasteiger partial charge in [-0.25, -0.2) is 4.57 Å². The van der Waals surface area contributed by atoms with Gasteiger partial charge >= 0.3 is 0 Å². The van der Waals surface area contributed by atoms with E-state index in [1.54, 1.807) is 29.0 Å². The van der Waals surface area contributed by atoms with Crippen molar-refractivity contribution in [3.8, 4) is 0 Å². The lowest BCUT2D eigenvalue weighted by atomic mass is 10.1. The van der Waals surface area contributed by atoms with E-state index in [9.17, 15) is 9.59 Å². The molecule has 35 heavy (non-hydrogen) atoms. The summed E-state index contributed by atoms with van der Waals surface area (Å²) < 4.78 is 8.73. The number of ether oxygens (including phenoxy) is 1. The average molecular weight is 474 g/mol. The minimum absolute atomic E-state index is 0.226. The van der Waals surface area contributed by atoms with Gasteiger partial charge in [0.2, 0.25) is 11.5 Å². The van der Waals surface area contributed by atoms with Crippen LogP contribution in [0.1, 0.15) is 28.9 Å². The maximum atomic E-state index is 13.4. The third-order valence-electron chi connectivity index (χ3n) is 6.50. The highest BCUT2D eigenvalue weighted by atomic mass is 16.5. The number of benzene rings is 1. The van der Waals surface area contributed by atoms with Gasteiger partial charge in [0.15, 0.2) is 0 Å². The van der Waals surface area contributed by atoms with Gasteiger partial charge in [-0.15, -0.1) is 0 Å². The summed E-state index contributed by atoms with van der Waals surface area (Å²) in [5, 5.41) is 3.37. The molecule has 0 spiro atoms. The molecule has 5 rings (SSSR count). The van der Waals surface area contributed by atoms with Crippen LogP contribution in [0.4, 0.5) is 5.82 Å². The Labute approximate surface area is 202 Å². The maximum Gasteiger partial charge on any atom is 0.278 e. The third kappa shape index (κ3) is 4.60. The summed E-state index contributed by atoms with van der Waals surface area (Å²) >= 11 is 0. The molecule has 0 radical (unpaired) electrons. The second kappa shape index (κ2) is 9.81. The average Bonchev–Trinajstić information content (AvgIpc) is 2.89. The SMILES string of the molecule is C[C@@H](NC(=O)c1cc2c(=O)n3ccccc3nc2[n+](CCN2CCOCC2)c1N)c1ccccc1. The molecule has 0 unspecified atom stereocenters. The third-order valence-corrected chi connectivity index (χ3v) is 6.50. The summed E-state index contributed by atoms with van der Waals surface area (Å²) in [5.74, 6) is -0.0471. The number of pyridine rings is 2. The fraction of sp³-hybridized carbons (Fsp3) is 0.308. The fourth-order valence-corrected chi connectivity index (χ4v) is 4.47. The first-order valence-corrected chi connectivity index (χ1v) is 11.8. The molecule has 1 aliphatic heterocycles. The summed E-state index contributed by atoms with van der Waals surface area (Å²) in [5.41, 5.74) is 8.58. The standard InChI is InChI=1S/C26H28N6O3/c1-18(19-7-3-2-4-8-19)28-25(33)20-17-21-24(29-22-9-5-6-10-31(22)26(21)34)32(23(20)27)12-11-30-13-15-35-16-14-30/h2-10,17-18,27H,11-16H2,1H3,(H,28,33)/p+1/t18-/m1/s1. The summed E-state index contributed by atoms with van der Waals surface area (Å²) in [4.78, 5) is 33.8. The van der Waals surface area contributed by atoms with Crippen LogP contribution in [0.15, 0.2) is 65.6 Å². The highest BCUT2D eigenvalue weighted by Gasteiger charge is 2.26. The number of hydrogen-bond acceptors (Lipinski definition) is 6. The van der Waals surface area contributed by atoms with Crippen molar-refractivity contribution in [3.05, 3.63) is 82.3 Å². The van der Waals surface area contributed by atoms with Gasteiger partial charge in [-0.1, -0.05) is 41.4 Å². The van der Waals surface area contributed by atoms with E-state index in [2.05, 4.69) is 10.2 Å². The fourth-order valence-electron chi connectivity index (χ4n) is 4.47. The van der Waals surface area contributed by atoms with Crippen molar-refractivity contribution in [3.63, 3.8) is 0 Å². The zero-order valence-electron chi connectivity index (χ0n) is 19.7. The van der Waals surface area contributed by atoms with E-state index < -0.39 is 0 Å². The summed E-state index contributed by atoms with van der Waals surface area (Å²) in [6, 6.07) is 16.4. The monoisotopic (exact) mass is 473 g/mol. The van der Waals surface area contributed by atoms with Crippen molar-refractivity contribution in [1.29, 1.82) is 0 Å². The molecule has 1 saturated heterocycles. The molecule has 1 amide bonds. The molecule has 1 fully saturated rings. The van der Waals surface area contributed by atoms with E-state index in [1.807, 2.05) is 43.3 Å². The molecule has 9 heteroatoms. The van der Waals surface area contributed by atoms with Crippen molar-refractivity contribution in [2.24, 2.45) is 0 Å². The number of anilines is 1. The number of carbonyl (C=O) groups is 1. The predicted octanol–water partition coefficient (Wildman–Crippen LogP) is 1.54. The van der Waals surface area contributed by atoms with Crippen LogP contribution in [0.2, 0.25) is 0 Å². The molecule has 3 N–H and O–H groups in total. The molecule has 3 aromatic heterocycles. The first kappa shape index (κ1) is 22.9. The van der Waals surface area contributed by atoms with E-state index in [1.165, 1.54) is 4.40 Å².